The highest BCUT2D eigenvalue weighted by Gasteiger charge is 2.47. The maximum Gasteiger partial charge on any atom is 0.295 e. The fraction of sp³-hybridized carbons (Fsp3) is 0.467. The lowest BCUT2D eigenvalue weighted by Gasteiger charge is -2.28. The Hall–Kier alpha value is -3.39. The van der Waals surface area contributed by atoms with Crippen LogP contribution < -0.4 is 9.47 Å². The summed E-state index contributed by atoms with van der Waals surface area (Å²) < 4.78 is 24.6. The molecule has 8 heteroatoms. The molecule has 0 unspecified atom stereocenters. The quantitative estimate of drug-likeness (QED) is 0.197. The number of rotatable bonds is 14. The zero-order chi connectivity index (χ0) is 27.7. The molecule has 0 aromatic heterocycles. The Morgan fingerprint density at radius 3 is 2.16 bits per heavy atom. The van der Waals surface area contributed by atoms with Crippen LogP contribution in [0.1, 0.15) is 63.1 Å². The molecule has 1 aliphatic rings. The van der Waals surface area contributed by atoms with Crippen LogP contribution in [-0.2, 0) is 9.59 Å². The van der Waals surface area contributed by atoms with E-state index in [0.29, 0.717) is 30.0 Å². The highest BCUT2D eigenvalue weighted by Crippen LogP contribution is 2.44. The molecule has 7 nitrogen and oxygen atoms in total. The lowest BCUT2D eigenvalue weighted by molar-refractivity contribution is -0.140. The summed E-state index contributed by atoms with van der Waals surface area (Å²) in [7, 11) is 3.04. The van der Waals surface area contributed by atoms with Gasteiger partial charge in [0.2, 0.25) is 0 Å². The number of ketones is 1. The maximum absolute atomic E-state index is 13.6. The summed E-state index contributed by atoms with van der Waals surface area (Å²) in [4.78, 5) is 30.6. The molecule has 38 heavy (non-hydrogen) atoms. The SMILES string of the molecule is CCCCN(CCCC)CCCN1C(=O)C(=O)C(=C(O)c2ccc(F)cc2)[C@@H]1c1cc(OC)ccc1OC. The number of hydrogen-bond donors (Lipinski definition) is 1. The van der Waals surface area contributed by atoms with Crippen molar-refractivity contribution in [3.8, 4) is 11.5 Å². The molecule has 1 atom stereocenters. The van der Waals surface area contributed by atoms with Gasteiger partial charge >= 0.3 is 0 Å². The van der Waals surface area contributed by atoms with Crippen LogP contribution >= 0.6 is 0 Å². The van der Waals surface area contributed by atoms with Gasteiger partial charge in [0.05, 0.1) is 25.8 Å². The number of benzene rings is 2. The zero-order valence-corrected chi connectivity index (χ0v) is 22.8. The van der Waals surface area contributed by atoms with Gasteiger partial charge in [-0.05, 0) is 81.4 Å². The summed E-state index contributed by atoms with van der Waals surface area (Å²) in [6.45, 7) is 7.44. The maximum atomic E-state index is 13.6. The van der Waals surface area contributed by atoms with E-state index in [1.54, 1.807) is 18.2 Å². The second kappa shape index (κ2) is 14.0. The Morgan fingerprint density at radius 2 is 1.58 bits per heavy atom. The summed E-state index contributed by atoms with van der Waals surface area (Å²) in [6, 6.07) is 9.45. The number of Topliss-reactive ketones (excluding diaryl/α,β-unsaturated/α-hetero) is 1. The van der Waals surface area contributed by atoms with Crippen molar-refractivity contribution in [1.29, 1.82) is 0 Å². The van der Waals surface area contributed by atoms with Gasteiger partial charge in [0.15, 0.2) is 0 Å². The number of unbranched alkanes of at least 4 members (excludes halogenated alkanes) is 2. The lowest BCUT2D eigenvalue weighted by atomic mass is 9.94. The number of aliphatic hydroxyl groups is 1. The number of ether oxygens (including phenoxy) is 2. The number of likely N-dealkylation sites (tertiary alicyclic amines) is 1. The first-order chi connectivity index (χ1) is 18.4. The molecule has 0 radical (unpaired) electrons. The van der Waals surface area contributed by atoms with E-state index in [1.807, 2.05) is 0 Å². The van der Waals surface area contributed by atoms with Crippen LogP contribution in [0.3, 0.4) is 0 Å². The van der Waals surface area contributed by atoms with Crippen LogP contribution in [0.15, 0.2) is 48.0 Å². The molecule has 1 saturated heterocycles. The molecule has 1 aliphatic heterocycles. The van der Waals surface area contributed by atoms with Gasteiger partial charge in [-0.25, -0.2) is 4.39 Å². The van der Waals surface area contributed by atoms with Crippen molar-refractivity contribution in [1.82, 2.24) is 9.80 Å². The van der Waals surface area contributed by atoms with Gasteiger partial charge in [-0.2, -0.15) is 0 Å². The Labute approximate surface area is 224 Å². The Bertz CT molecular complexity index is 1120. The number of carbonyl (C=O) groups excluding carboxylic acids is 2. The van der Waals surface area contributed by atoms with E-state index in [9.17, 15) is 19.1 Å². The topological polar surface area (TPSA) is 79.3 Å². The normalized spacial score (nSPS) is 16.9. The number of carbonyl (C=O) groups is 2. The van der Waals surface area contributed by atoms with Crippen molar-refractivity contribution in [2.75, 3.05) is 40.4 Å². The van der Waals surface area contributed by atoms with E-state index in [0.717, 1.165) is 45.3 Å². The first kappa shape index (κ1) is 29.2. The van der Waals surface area contributed by atoms with Crippen molar-refractivity contribution in [2.45, 2.75) is 52.0 Å². The van der Waals surface area contributed by atoms with Gasteiger partial charge in [0, 0.05) is 17.7 Å². The molecule has 1 amide bonds. The van der Waals surface area contributed by atoms with E-state index in [4.69, 9.17) is 9.47 Å². The number of amides is 1. The zero-order valence-electron chi connectivity index (χ0n) is 22.8. The van der Waals surface area contributed by atoms with Gasteiger partial charge in [0.25, 0.3) is 11.7 Å². The largest absolute Gasteiger partial charge is 0.507 e. The average molecular weight is 527 g/mol. The molecular formula is C30H39FN2O5. The third-order valence-corrected chi connectivity index (χ3v) is 6.92. The smallest absolute Gasteiger partial charge is 0.295 e. The number of methoxy groups -OCH3 is 2. The Morgan fingerprint density at radius 1 is 0.947 bits per heavy atom. The number of halogens is 1. The van der Waals surface area contributed by atoms with Crippen LogP contribution in [0.4, 0.5) is 4.39 Å². The van der Waals surface area contributed by atoms with Crippen LogP contribution in [0, 0.1) is 5.82 Å². The van der Waals surface area contributed by atoms with E-state index < -0.39 is 23.5 Å². The first-order valence-electron chi connectivity index (χ1n) is 13.3. The minimum Gasteiger partial charge on any atom is -0.507 e. The summed E-state index contributed by atoms with van der Waals surface area (Å²) in [6.07, 6.45) is 5.09. The second-order valence-electron chi connectivity index (χ2n) is 9.51. The molecule has 0 bridgehead atoms. The van der Waals surface area contributed by atoms with Gasteiger partial charge < -0.3 is 24.4 Å². The van der Waals surface area contributed by atoms with Gasteiger partial charge in [-0.3, -0.25) is 9.59 Å². The van der Waals surface area contributed by atoms with E-state index >= 15 is 0 Å². The van der Waals surface area contributed by atoms with Crippen LogP contribution in [0.5, 0.6) is 11.5 Å². The molecule has 0 spiro atoms. The minimum absolute atomic E-state index is 0.0537. The average Bonchev–Trinajstić information content (AvgIpc) is 3.18. The van der Waals surface area contributed by atoms with Crippen molar-refractivity contribution < 1.29 is 28.6 Å². The van der Waals surface area contributed by atoms with Crippen molar-refractivity contribution in [3.63, 3.8) is 0 Å². The molecule has 1 heterocycles. The van der Waals surface area contributed by atoms with Crippen molar-refractivity contribution in [3.05, 3.63) is 65.0 Å². The van der Waals surface area contributed by atoms with Gasteiger partial charge in [-0.1, -0.05) is 26.7 Å². The monoisotopic (exact) mass is 526 g/mol. The molecule has 0 saturated carbocycles. The number of hydrogen-bond acceptors (Lipinski definition) is 6. The summed E-state index contributed by atoms with van der Waals surface area (Å²) in [5.74, 6) is -1.30. The van der Waals surface area contributed by atoms with E-state index in [-0.39, 0.29) is 16.9 Å². The summed E-state index contributed by atoms with van der Waals surface area (Å²) >= 11 is 0. The summed E-state index contributed by atoms with van der Waals surface area (Å²) in [5.41, 5.74) is 0.729. The van der Waals surface area contributed by atoms with Crippen LogP contribution in [0.25, 0.3) is 5.76 Å². The fourth-order valence-corrected chi connectivity index (χ4v) is 4.81. The van der Waals surface area contributed by atoms with Gasteiger partial charge in [0.1, 0.15) is 23.1 Å². The van der Waals surface area contributed by atoms with Crippen molar-refractivity contribution >= 4 is 17.4 Å². The highest BCUT2D eigenvalue weighted by molar-refractivity contribution is 6.46. The van der Waals surface area contributed by atoms with E-state index in [2.05, 4.69) is 18.7 Å². The number of nitrogens with zero attached hydrogens (tertiary/aromatic N) is 2. The van der Waals surface area contributed by atoms with Gasteiger partial charge in [-0.15, -0.1) is 0 Å². The number of aliphatic hydroxyl groups excluding tert-OH is 1. The second-order valence-corrected chi connectivity index (χ2v) is 9.51. The summed E-state index contributed by atoms with van der Waals surface area (Å²) in [5, 5.41) is 11.2. The van der Waals surface area contributed by atoms with E-state index in [1.165, 1.54) is 43.4 Å². The molecule has 1 fully saturated rings. The molecule has 206 valence electrons. The molecule has 2 aromatic carbocycles. The molecule has 3 rings (SSSR count). The predicted octanol–water partition coefficient (Wildman–Crippen LogP) is 5.56. The lowest BCUT2D eigenvalue weighted by Crippen LogP contribution is -2.34. The Kier molecular flexibility index (Phi) is 10.7. The minimum atomic E-state index is -0.884. The first-order valence-corrected chi connectivity index (χ1v) is 13.3. The third-order valence-electron chi connectivity index (χ3n) is 6.92. The Balaban J connectivity index is 2.02. The highest BCUT2D eigenvalue weighted by atomic mass is 19.1. The molecular weight excluding hydrogens is 487 g/mol. The van der Waals surface area contributed by atoms with Crippen molar-refractivity contribution in [2.24, 2.45) is 0 Å². The molecule has 1 N–H and O–H groups in total. The third kappa shape index (κ3) is 6.72. The predicted molar refractivity (Wildman–Crippen MR) is 146 cm³/mol. The molecule has 0 aliphatic carbocycles. The fourth-order valence-electron chi connectivity index (χ4n) is 4.81. The standard InChI is InChI=1S/C30H39FN2O5/c1-5-7-16-32(17-8-6-2)18-9-19-33-27(24-20-23(37-3)14-15-25(24)38-4)26(29(35)30(33)36)28(34)21-10-12-22(31)13-11-21/h10-15,20,27,34H,5-9,16-19H2,1-4H3/t27-/m0/s1. The van der Waals surface area contributed by atoms with Crippen LogP contribution in [-0.4, -0.2) is 67.0 Å². The molecule has 2 aromatic rings. The van der Waals surface area contributed by atoms with Crippen LogP contribution in [0.2, 0.25) is 0 Å².